The Morgan fingerprint density at radius 2 is 1.40 bits per heavy atom. The third-order valence-electron chi connectivity index (χ3n) is 1.48. The van der Waals surface area contributed by atoms with Crippen molar-refractivity contribution >= 4 is 0 Å². The number of alkyl halides is 3. The van der Waals surface area contributed by atoms with Crippen molar-refractivity contribution in [3.63, 3.8) is 0 Å². The summed E-state index contributed by atoms with van der Waals surface area (Å²) in [6.45, 7) is -3.91. The lowest BCUT2D eigenvalue weighted by molar-refractivity contribution is 0.0597. The molecule has 0 atom stereocenters. The van der Waals surface area contributed by atoms with Crippen LogP contribution in [0.1, 0.15) is 6.42 Å². The molecule has 61 valence electrons. The Labute approximate surface area is 57.9 Å². The molecule has 0 saturated carbocycles. The van der Waals surface area contributed by atoms with Gasteiger partial charge < -0.3 is 0 Å². The average molecular weight is 155 g/mol. The lowest BCUT2D eigenvalue weighted by Gasteiger charge is -2.21. The quantitative estimate of drug-likeness (QED) is 0.576. The maximum absolute atomic E-state index is 11.9. The molecule has 0 aliphatic heterocycles. The van der Waals surface area contributed by atoms with Crippen LogP contribution < -0.4 is 0 Å². The smallest absolute Gasteiger partial charge is 0.100 e. The lowest BCUT2D eigenvalue weighted by atomic mass is 9.90. The Hall–Kier alpha value is -0.250. The summed E-state index contributed by atoms with van der Waals surface area (Å²) in [6, 6.07) is 0. The Balaban J connectivity index is 3.87. The fourth-order valence-corrected chi connectivity index (χ4v) is 0.524. The first-order chi connectivity index (χ1) is 4.74. The second-order valence-electron chi connectivity index (χ2n) is 2.36. The van der Waals surface area contributed by atoms with E-state index in [2.05, 4.69) is 0 Å². The molecule has 0 fully saturated rings. The van der Waals surface area contributed by atoms with E-state index in [0.717, 1.165) is 0 Å². The summed E-state index contributed by atoms with van der Waals surface area (Å²) in [6.07, 6.45) is -0.267. The minimum absolute atomic E-state index is 0.267. The van der Waals surface area contributed by atoms with Crippen LogP contribution in [0.4, 0.5) is 13.2 Å². The van der Waals surface area contributed by atoms with Crippen LogP contribution in [0.3, 0.4) is 0 Å². The topological polar surface area (TPSA) is 19.9 Å². The molecule has 0 spiro atoms. The summed E-state index contributed by atoms with van der Waals surface area (Å²) in [7, 11) is 0. The van der Waals surface area contributed by atoms with Crippen LogP contribution in [-0.2, 0) is 5.11 Å². The van der Waals surface area contributed by atoms with E-state index in [0.29, 0.717) is 0 Å². The summed E-state index contributed by atoms with van der Waals surface area (Å²) < 4.78 is 35.6. The van der Waals surface area contributed by atoms with Gasteiger partial charge in [-0.1, -0.05) is 0 Å². The highest BCUT2D eigenvalue weighted by Crippen LogP contribution is 2.23. The minimum Gasteiger partial charge on any atom is -0.250 e. The molecule has 0 saturated heterocycles. The zero-order valence-corrected chi connectivity index (χ0v) is 5.58. The molecule has 0 aromatic carbocycles. The van der Waals surface area contributed by atoms with Crippen molar-refractivity contribution < 1.29 is 18.3 Å². The van der Waals surface area contributed by atoms with Gasteiger partial charge in [-0.15, -0.1) is 0 Å². The first kappa shape index (κ1) is 9.75. The highest BCUT2D eigenvalue weighted by Gasteiger charge is 2.30. The number of hydrogen-bond donors (Lipinski definition) is 0. The molecule has 1 nitrogen and oxygen atoms in total. The molecule has 10 heavy (non-hydrogen) atoms. The minimum atomic E-state index is -1.64. The van der Waals surface area contributed by atoms with Gasteiger partial charge in [0.05, 0.1) is 12.0 Å². The number of rotatable bonds is 5. The van der Waals surface area contributed by atoms with E-state index in [4.69, 9.17) is 0 Å². The van der Waals surface area contributed by atoms with Crippen molar-refractivity contribution in [3.8, 4) is 0 Å². The Bertz CT molecular complexity index is 74.8. The Kier molecular flexibility index (Phi) is 4.43. The van der Waals surface area contributed by atoms with Gasteiger partial charge in [-0.25, -0.2) is 5.11 Å². The van der Waals surface area contributed by atoms with E-state index < -0.39 is 32.0 Å². The molecule has 1 radical (unpaired) electrons. The van der Waals surface area contributed by atoms with Crippen LogP contribution >= 0.6 is 0 Å². The summed E-state index contributed by atoms with van der Waals surface area (Å²) in [4.78, 5) is 0. The molecule has 0 aromatic rings. The molecule has 0 amide bonds. The second-order valence-corrected chi connectivity index (χ2v) is 2.36. The van der Waals surface area contributed by atoms with Gasteiger partial charge >= 0.3 is 0 Å². The standard InChI is InChI=1S/C6H10F3O/c7-3-6(4-8,5-9)1-2-10/h1-5H2. The Morgan fingerprint density at radius 1 is 1.00 bits per heavy atom. The predicted molar refractivity (Wildman–Crippen MR) is 30.5 cm³/mol. The van der Waals surface area contributed by atoms with Crippen molar-refractivity contribution in [1.82, 2.24) is 0 Å². The van der Waals surface area contributed by atoms with E-state index in [9.17, 15) is 18.3 Å². The third-order valence-corrected chi connectivity index (χ3v) is 1.48. The highest BCUT2D eigenvalue weighted by atomic mass is 19.1. The maximum Gasteiger partial charge on any atom is 0.100 e. The van der Waals surface area contributed by atoms with Crippen molar-refractivity contribution in [1.29, 1.82) is 0 Å². The molecule has 0 aliphatic rings. The van der Waals surface area contributed by atoms with Crippen LogP contribution in [0.5, 0.6) is 0 Å². The number of hydrogen-bond acceptors (Lipinski definition) is 0. The van der Waals surface area contributed by atoms with E-state index in [1.807, 2.05) is 0 Å². The zero-order chi connectivity index (χ0) is 8.04. The highest BCUT2D eigenvalue weighted by molar-refractivity contribution is 4.76. The monoisotopic (exact) mass is 155 g/mol. The van der Waals surface area contributed by atoms with Crippen LogP contribution in [0.25, 0.3) is 0 Å². The fourth-order valence-electron chi connectivity index (χ4n) is 0.524. The molecular formula is C6H10F3O. The molecule has 0 rings (SSSR count). The summed E-state index contributed by atoms with van der Waals surface area (Å²) in [5.74, 6) is 0. The van der Waals surface area contributed by atoms with Gasteiger partial charge in [-0.05, 0) is 6.42 Å². The van der Waals surface area contributed by atoms with Crippen molar-refractivity contribution in [2.75, 3.05) is 26.6 Å². The summed E-state index contributed by atoms with van der Waals surface area (Å²) >= 11 is 0. The normalized spacial score (nSPS) is 12.0. The Morgan fingerprint density at radius 3 is 1.50 bits per heavy atom. The van der Waals surface area contributed by atoms with Gasteiger partial charge in [0.2, 0.25) is 0 Å². The molecule has 0 N–H and O–H groups in total. The molecule has 0 aliphatic carbocycles. The number of halogens is 3. The summed E-state index contributed by atoms with van der Waals surface area (Å²) in [5.41, 5.74) is -1.64. The van der Waals surface area contributed by atoms with Crippen LogP contribution in [0.15, 0.2) is 0 Å². The summed E-state index contributed by atoms with van der Waals surface area (Å²) in [5, 5.41) is 9.92. The third kappa shape index (κ3) is 2.17. The molecule has 4 heteroatoms. The molecule has 0 unspecified atom stereocenters. The van der Waals surface area contributed by atoms with Crippen molar-refractivity contribution in [3.05, 3.63) is 0 Å². The van der Waals surface area contributed by atoms with Crippen LogP contribution in [0.2, 0.25) is 0 Å². The van der Waals surface area contributed by atoms with Crippen LogP contribution in [0, 0.1) is 5.41 Å². The van der Waals surface area contributed by atoms with Crippen molar-refractivity contribution in [2.24, 2.45) is 5.41 Å². The molecule has 0 bridgehead atoms. The first-order valence-electron chi connectivity index (χ1n) is 3.00. The van der Waals surface area contributed by atoms with Gasteiger partial charge in [-0.3, -0.25) is 13.2 Å². The largest absolute Gasteiger partial charge is 0.250 e. The molecule has 0 heterocycles. The fraction of sp³-hybridized carbons (Fsp3) is 1.00. The maximum atomic E-state index is 11.9. The van der Waals surface area contributed by atoms with Gasteiger partial charge in [0, 0.05) is 0 Å². The van der Waals surface area contributed by atoms with Gasteiger partial charge in [0.1, 0.15) is 20.0 Å². The van der Waals surface area contributed by atoms with E-state index in [1.54, 1.807) is 0 Å². The van der Waals surface area contributed by atoms with Crippen molar-refractivity contribution in [2.45, 2.75) is 6.42 Å². The van der Waals surface area contributed by atoms with Gasteiger partial charge in [0.25, 0.3) is 0 Å². The van der Waals surface area contributed by atoms with E-state index in [1.165, 1.54) is 0 Å². The predicted octanol–water partition coefficient (Wildman–Crippen LogP) is 1.70. The van der Waals surface area contributed by atoms with E-state index in [-0.39, 0.29) is 6.42 Å². The zero-order valence-electron chi connectivity index (χ0n) is 5.58. The van der Waals surface area contributed by atoms with Gasteiger partial charge in [-0.2, -0.15) is 0 Å². The second kappa shape index (κ2) is 4.55. The van der Waals surface area contributed by atoms with Gasteiger partial charge in [0.15, 0.2) is 0 Å². The van der Waals surface area contributed by atoms with Crippen LogP contribution in [-0.4, -0.2) is 26.6 Å². The van der Waals surface area contributed by atoms with E-state index >= 15 is 0 Å². The first-order valence-corrected chi connectivity index (χ1v) is 3.00. The molecule has 0 aromatic heterocycles. The SMILES string of the molecule is [O]CCC(CF)(CF)CF. The lowest BCUT2D eigenvalue weighted by Crippen LogP contribution is -2.29. The molecular weight excluding hydrogens is 145 g/mol. The average Bonchev–Trinajstić information content (AvgIpc) is 2.01.